The van der Waals surface area contributed by atoms with Gasteiger partial charge in [0.2, 0.25) is 0 Å². The highest BCUT2D eigenvalue weighted by Gasteiger charge is 2.37. The molecular weight excluding hydrogens is 291 g/mol. The zero-order chi connectivity index (χ0) is 16.0. The number of hydrogen-bond donors (Lipinski definition) is 1. The maximum Gasteiger partial charge on any atom is 0.143 e. The van der Waals surface area contributed by atoms with Crippen molar-refractivity contribution in [1.29, 1.82) is 0 Å². The summed E-state index contributed by atoms with van der Waals surface area (Å²) < 4.78 is 19.9. The molecule has 0 unspecified atom stereocenters. The lowest BCUT2D eigenvalue weighted by atomic mass is 9.90. The Balaban J connectivity index is 1.86. The summed E-state index contributed by atoms with van der Waals surface area (Å²) >= 11 is 0. The van der Waals surface area contributed by atoms with Gasteiger partial charge in [0.1, 0.15) is 18.5 Å². The topological polar surface area (TPSA) is 24.5 Å². The molecule has 0 bridgehead atoms. The molecule has 0 amide bonds. The summed E-state index contributed by atoms with van der Waals surface area (Å²) in [5, 5.41) is 3.51. The second-order valence-corrected chi connectivity index (χ2v) is 7.39. The van der Waals surface area contributed by atoms with Gasteiger partial charge in [-0.05, 0) is 81.3 Å². The molecule has 1 fully saturated rings. The minimum Gasteiger partial charge on any atom is -0.489 e. The summed E-state index contributed by atoms with van der Waals surface area (Å²) in [6.45, 7) is 7.01. The average molecular weight is 318 g/mol. The number of rotatable bonds is 3. The number of fused-ring (bicyclic) bond motifs is 2. The number of nitrogens with one attached hydrogen (secondary N) is 1. The summed E-state index contributed by atoms with van der Waals surface area (Å²) in [5.41, 5.74) is 5.65. The SMILES string of the molecule is C[C@H](F)CN1c2c(cc3c(c2C2CC2)CCNCC3)OC[C@H]1C. The van der Waals surface area contributed by atoms with Crippen LogP contribution < -0.4 is 15.0 Å². The van der Waals surface area contributed by atoms with Crippen molar-refractivity contribution in [3.8, 4) is 5.75 Å². The minimum atomic E-state index is -0.823. The molecule has 0 aromatic heterocycles. The number of benzene rings is 1. The lowest BCUT2D eigenvalue weighted by molar-refractivity contribution is 0.256. The van der Waals surface area contributed by atoms with Crippen LogP contribution in [0, 0.1) is 0 Å². The van der Waals surface area contributed by atoms with E-state index in [1.807, 2.05) is 0 Å². The van der Waals surface area contributed by atoms with Crippen LogP contribution in [0.5, 0.6) is 5.75 Å². The molecule has 2 atom stereocenters. The molecule has 1 saturated carbocycles. The molecule has 0 saturated heterocycles. The van der Waals surface area contributed by atoms with E-state index in [2.05, 4.69) is 23.2 Å². The van der Waals surface area contributed by atoms with Crippen LogP contribution in [0.25, 0.3) is 0 Å². The minimum absolute atomic E-state index is 0.236. The lowest BCUT2D eigenvalue weighted by Gasteiger charge is -2.40. The van der Waals surface area contributed by atoms with Crippen molar-refractivity contribution in [2.75, 3.05) is 31.1 Å². The van der Waals surface area contributed by atoms with Crippen LogP contribution >= 0.6 is 0 Å². The molecule has 1 aromatic rings. The van der Waals surface area contributed by atoms with E-state index < -0.39 is 6.17 Å². The second-order valence-electron chi connectivity index (χ2n) is 7.39. The molecule has 2 heterocycles. The number of nitrogens with zero attached hydrogens (tertiary/aromatic N) is 1. The maximum absolute atomic E-state index is 13.8. The maximum atomic E-state index is 13.8. The Labute approximate surface area is 138 Å². The summed E-state index contributed by atoms with van der Waals surface area (Å²) in [6, 6.07) is 2.48. The molecule has 2 aliphatic heterocycles. The number of anilines is 1. The van der Waals surface area contributed by atoms with Crippen LogP contribution in [0.2, 0.25) is 0 Å². The molecule has 0 spiro atoms. The zero-order valence-corrected chi connectivity index (χ0v) is 14.2. The van der Waals surface area contributed by atoms with E-state index >= 15 is 0 Å². The highest BCUT2D eigenvalue weighted by Crippen LogP contribution is 2.52. The van der Waals surface area contributed by atoms with Crippen molar-refractivity contribution in [2.45, 2.75) is 57.7 Å². The molecule has 126 valence electrons. The third-order valence-corrected chi connectivity index (χ3v) is 5.36. The quantitative estimate of drug-likeness (QED) is 0.926. The summed E-state index contributed by atoms with van der Waals surface area (Å²) in [4.78, 5) is 2.27. The van der Waals surface area contributed by atoms with Crippen molar-refractivity contribution >= 4 is 5.69 Å². The first-order chi connectivity index (χ1) is 11.1. The second kappa shape index (κ2) is 5.97. The first kappa shape index (κ1) is 15.3. The summed E-state index contributed by atoms with van der Waals surface area (Å²) in [6.07, 6.45) is 3.87. The van der Waals surface area contributed by atoms with E-state index in [1.54, 1.807) is 6.92 Å². The van der Waals surface area contributed by atoms with Crippen molar-refractivity contribution < 1.29 is 9.13 Å². The molecule has 0 radical (unpaired) electrons. The molecule has 4 rings (SSSR count). The van der Waals surface area contributed by atoms with Crippen LogP contribution in [0.4, 0.5) is 10.1 Å². The van der Waals surface area contributed by atoms with Gasteiger partial charge in [-0.1, -0.05) is 0 Å². The molecule has 1 aliphatic carbocycles. The van der Waals surface area contributed by atoms with Crippen molar-refractivity contribution in [3.05, 3.63) is 22.8 Å². The van der Waals surface area contributed by atoms with Gasteiger partial charge in [0.15, 0.2) is 0 Å². The third kappa shape index (κ3) is 2.82. The molecule has 1 aromatic carbocycles. The molecule has 4 heteroatoms. The predicted octanol–water partition coefficient (Wildman–Crippen LogP) is 3.20. The predicted molar refractivity (Wildman–Crippen MR) is 91.6 cm³/mol. The van der Waals surface area contributed by atoms with Gasteiger partial charge in [0, 0.05) is 6.54 Å². The van der Waals surface area contributed by atoms with Crippen molar-refractivity contribution in [2.24, 2.45) is 0 Å². The number of alkyl halides is 1. The number of hydrogen-bond acceptors (Lipinski definition) is 3. The van der Waals surface area contributed by atoms with Crippen LogP contribution in [0.3, 0.4) is 0 Å². The average Bonchev–Trinajstić information content (AvgIpc) is 3.34. The van der Waals surface area contributed by atoms with Crippen molar-refractivity contribution in [3.63, 3.8) is 0 Å². The van der Waals surface area contributed by atoms with E-state index in [4.69, 9.17) is 4.74 Å². The fourth-order valence-electron chi connectivity index (χ4n) is 4.12. The first-order valence-electron chi connectivity index (χ1n) is 9.08. The molecule has 23 heavy (non-hydrogen) atoms. The van der Waals surface area contributed by atoms with Crippen molar-refractivity contribution in [1.82, 2.24) is 5.32 Å². The van der Waals surface area contributed by atoms with Gasteiger partial charge in [0.05, 0.1) is 11.7 Å². The number of halogens is 1. The molecule has 1 N–H and O–H groups in total. The van der Waals surface area contributed by atoms with Gasteiger partial charge in [-0.2, -0.15) is 0 Å². The Morgan fingerprint density at radius 2 is 2.13 bits per heavy atom. The lowest BCUT2D eigenvalue weighted by Crippen LogP contribution is -2.44. The Bertz CT molecular complexity index is 598. The van der Waals surface area contributed by atoms with E-state index in [0.717, 1.165) is 31.7 Å². The summed E-state index contributed by atoms with van der Waals surface area (Å²) in [7, 11) is 0. The van der Waals surface area contributed by atoms with Gasteiger partial charge in [-0.25, -0.2) is 4.39 Å². The molecule has 3 nitrogen and oxygen atoms in total. The molecular formula is C19H27FN2O. The Morgan fingerprint density at radius 1 is 1.35 bits per heavy atom. The van der Waals surface area contributed by atoms with Crippen LogP contribution in [-0.2, 0) is 12.8 Å². The largest absolute Gasteiger partial charge is 0.489 e. The Morgan fingerprint density at radius 3 is 2.87 bits per heavy atom. The van der Waals surface area contributed by atoms with Gasteiger partial charge < -0.3 is 15.0 Å². The molecule has 3 aliphatic rings. The summed E-state index contributed by atoms with van der Waals surface area (Å²) in [5.74, 6) is 1.65. The Hall–Kier alpha value is -1.29. The fourth-order valence-corrected chi connectivity index (χ4v) is 4.12. The zero-order valence-electron chi connectivity index (χ0n) is 14.2. The fraction of sp³-hybridized carbons (Fsp3) is 0.684. The van der Waals surface area contributed by atoms with Crippen LogP contribution in [0.1, 0.15) is 49.3 Å². The van der Waals surface area contributed by atoms with Gasteiger partial charge in [-0.15, -0.1) is 0 Å². The third-order valence-electron chi connectivity index (χ3n) is 5.36. The van der Waals surface area contributed by atoms with Crippen LogP contribution in [0.15, 0.2) is 6.07 Å². The monoisotopic (exact) mass is 318 g/mol. The number of ether oxygens (including phenoxy) is 1. The first-order valence-corrected chi connectivity index (χ1v) is 9.08. The van der Waals surface area contributed by atoms with Gasteiger partial charge in [-0.3, -0.25) is 0 Å². The van der Waals surface area contributed by atoms with Gasteiger partial charge >= 0.3 is 0 Å². The normalized spacial score (nSPS) is 25.2. The van der Waals surface area contributed by atoms with E-state index in [0.29, 0.717) is 19.1 Å². The van der Waals surface area contributed by atoms with E-state index in [1.165, 1.54) is 35.2 Å². The van der Waals surface area contributed by atoms with Crippen LogP contribution in [-0.4, -0.2) is 38.5 Å². The highest BCUT2D eigenvalue weighted by molar-refractivity contribution is 5.71. The smallest absolute Gasteiger partial charge is 0.143 e. The van der Waals surface area contributed by atoms with E-state index in [9.17, 15) is 4.39 Å². The van der Waals surface area contributed by atoms with Gasteiger partial charge in [0.25, 0.3) is 0 Å². The highest BCUT2D eigenvalue weighted by atomic mass is 19.1. The van der Waals surface area contributed by atoms with E-state index in [-0.39, 0.29) is 6.04 Å². The Kier molecular flexibility index (Phi) is 3.96. The standard InChI is InChI=1S/C19H27FN2O/c1-12(20)10-22-13(2)11-23-17-9-15-5-7-21-8-6-16(15)18(19(17)22)14-3-4-14/h9,12-14,21H,3-8,10-11H2,1-2H3/t12-,13+/m0/s1.